The molecule has 26 heavy (non-hydrogen) atoms. The van der Waals surface area contributed by atoms with Crippen LogP contribution in [-0.2, 0) is 6.42 Å². The van der Waals surface area contributed by atoms with E-state index in [4.69, 9.17) is 0 Å². The molecule has 1 aliphatic carbocycles. The topological polar surface area (TPSA) is 0 Å². The van der Waals surface area contributed by atoms with Gasteiger partial charge in [0.05, 0.1) is 0 Å². The third kappa shape index (κ3) is 5.10. The molecule has 0 radical (unpaired) electrons. The number of aryl methyl sites for hydroxylation is 1. The smallest absolute Gasteiger partial charge is 0.0162 e. The van der Waals surface area contributed by atoms with Gasteiger partial charge in [0.1, 0.15) is 0 Å². The first kappa shape index (κ1) is 19.0. The van der Waals surface area contributed by atoms with Gasteiger partial charge in [-0.05, 0) is 72.6 Å². The Bertz CT molecular complexity index is 667. The molecular formula is C26H34. The number of rotatable bonds is 7. The maximum Gasteiger partial charge on any atom is -0.0162 e. The van der Waals surface area contributed by atoms with Crippen molar-refractivity contribution in [1.82, 2.24) is 0 Å². The lowest BCUT2D eigenvalue weighted by molar-refractivity contribution is 0.375. The van der Waals surface area contributed by atoms with E-state index in [0.717, 1.165) is 11.8 Å². The van der Waals surface area contributed by atoms with Gasteiger partial charge in [0.2, 0.25) is 0 Å². The molecule has 0 nitrogen and oxygen atoms in total. The molecule has 0 spiro atoms. The lowest BCUT2D eigenvalue weighted by Crippen LogP contribution is -2.11. The van der Waals surface area contributed by atoms with Crippen molar-refractivity contribution in [2.75, 3.05) is 0 Å². The molecule has 0 amide bonds. The van der Waals surface area contributed by atoms with Crippen LogP contribution in [0.3, 0.4) is 0 Å². The summed E-state index contributed by atoms with van der Waals surface area (Å²) in [4.78, 5) is 0. The van der Waals surface area contributed by atoms with E-state index in [9.17, 15) is 0 Å². The van der Waals surface area contributed by atoms with Gasteiger partial charge in [-0.2, -0.15) is 0 Å². The Morgan fingerprint density at radius 3 is 1.96 bits per heavy atom. The van der Waals surface area contributed by atoms with E-state index in [2.05, 4.69) is 74.5 Å². The Kier molecular flexibility index (Phi) is 7.12. The van der Waals surface area contributed by atoms with Crippen LogP contribution in [0.1, 0.15) is 75.8 Å². The highest BCUT2D eigenvalue weighted by Crippen LogP contribution is 2.37. The number of hydrogen-bond donors (Lipinski definition) is 0. The summed E-state index contributed by atoms with van der Waals surface area (Å²) in [6, 6.07) is 18.5. The molecule has 2 aromatic rings. The molecule has 1 saturated carbocycles. The second kappa shape index (κ2) is 9.76. The van der Waals surface area contributed by atoms with Crippen molar-refractivity contribution in [3.05, 3.63) is 71.8 Å². The highest BCUT2D eigenvalue weighted by atomic mass is 14.3. The number of hydrogen-bond acceptors (Lipinski definition) is 0. The Hall–Kier alpha value is -1.82. The fourth-order valence-electron chi connectivity index (χ4n) is 4.20. The first-order valence-electron chi connectivity index (χ1n) is 10.7. The predicted octanol–water partition coefficient (Wildman–Crippen LogP) is 7.94. The molecule has 0 heterocycles. The molecule has 2 aromatic carbocycles. The van der Waals surface area contributed by atoms with Gasteiger partial charge in [0, 0.05) is 0 Å². The van der Waals surface area contributed by atoms with Crippen molar-refractivity contribution in [2.45, 2.75) is 71.1 Å². The Morgan fingerprint density at radius 2 is 1.38 bits per heavy atom. The van der Waals surface area contributed by atoms with Gasteiger partial charge >= 0.3 is 0 Å². The number of unbranched alkanes of at least 4 members (excludes halogenated alkanes) is 1. The SMILES string of the molecule is CCC/C=C/[C@H]1CC[C@H](c2ccc(-c3ccc(CCC)cc3)cc2)CC1. The summed E-state index contributed by atoms with van der Waals surface area (Å²) in [5, 5.41) is 0. The van der Waals surface area contributed by atoms with E-state index in [-0.39, 0.29) is 0 Å². The summed E-state index contributed by atoms with van der Waals surface area (Å²) in [7, 11) is 0. The van der Waals surface area contributed by atoms with Crippen LogP contribution in [0.25, 0.3) is 11.1 Å². The van der Waals surface area contributed by atoms with Crippen LogP contribution < -0.4 is 0 Å². The zero-order valence-electron chi connectivity index (χ0n) is 16.6. The zero-order chi connectivity index (χ0) is 18.2. The largest absolute Gasteiger partial charge is 0.0883 e. The molecule has 0 aliphatic heterocycles. The summed E-state index contributed by atoms with van der Waals surface area (Å²) in [6.07, 6.45) is 15.1. The van der Waals surface area contributed by atoms with Crippen LogP contribution in [0.4, 0.5) is 0 Å². The number of allylic oxidation sites excluding steroid dienone is 2. The normalized spacial score (nSPS) is 20.5. The van der Waals surface area contributed by atoms with Crippen LogP contribution in [0, 0.1) is 5.92 Å². The molecule has 0 N–H and O–H groups in total. The maximum absolute atomic E-state index is 2.48. The summed E-state index contributed by atoms with van der Waals surface area (Å²) in [5.41, 5.74) is 5.65. The molecule has 3 rings (SSSR count). The first-order chi connectivity index (χ1) is 12.8. The van der Waals surface area contributed by atoms with E-state index >= 15 is 0 Å². The molecule has 0 aromatic heterocycles. The Balaban J connectivity index is 1.58. The maximum atomic E-state index is 2.48. The van der Waals surface area contributed by atoms with Crippen LogP contribution in [0.15, 0.2) is 60.7 Å². The summed E-state index contributed by atoms with van der Waals surface area (Å²) >= 11 is 0. The van der Waals surface area contributed by atoms with Crippen molar-refractivity contribution >= 4 is 0 Å². The summed E-state index contributed by atoms with van der Waals surface area (Å²) in [5.74, 6) is 1.57. The second-order valence-corrected chi connectivity index (χ2v) is 7.90. The van der Waals surface area contributed by atoms with Gasteiger partial charge < -0.3 is 0 Å². The standard InChI is InChI=1S/C26H34/c1-3-5-6-8-22-11-15-24(16-12-22)26-19-17-25(18-20-26)23-13-9-21(7-4-2)10-14-23/h6,8-10,13-14,17-20,22,24H,3-5,7,11-12,15-16H2,1-2H3/b8-6+/t22-,24-. The van der Waals surface area contributed by atoms with Crippen LogP contribution in [-0.4, -0.2) is 0 Å². The number of benzene rings is 2. The van der Waals surface area contributed by atoms with Crippen molar-refractivity contribution < 1.29 is 0 Å². The van der Waals surface area contributed by atoms with Crippen molar-refractivity contribution in [2.24, 2.45) is 5.92 Å². The first-order valence-corrected chi connectivity index (χ1v) is 10.7. The average Bonchev–Trinajstić information content (AvgIpc) is 2.70. The fourth-order valence-corrected chi connectivity index (χ4v) is 4.20. The summed E-state index contributed by atoms with van der Waals surface area (Å²) in [6.45, 7) is 4.49. The molecule has 1 fully saturated rings. The molecule has 0 atom stereocenters. The monoisotopic (exact) mass is 346 g/mol. The lowest BCUT2D eigenvalue weighted by atomic mass is 9.78. The Labute approximate surface area is 160 Å². The van der Waals surface area contributed by atoms with Gasteiger partial charge in [-0.25, -0.2) is 0 Å². The van der Waals surface area contributed by atoms with E-state index in [1.807, 2.05) is 0 Å². The van der Waals surface area contributed by atoms with Crippen molar-refractivity contribution in [1.29, 1.82) is 0 Å². The van der Waals surface area contributed by atoms with E-state index in [1.165, 1.54) is 73.6 Å². The minimum absolute atomic E-state index is 0.756. The van der Waals surface area contributed by atoms with Crippen LogP contribution in [0.2, 0.25) is 0 Å². The predicted molar refractivity (Wildman–Crippen MR) is 115 cm³/mol. The van der Waals surface area contributed by atoms with Crippen LogP contribution >= 0.6 is 0 Å². The van der Waals surface area contributed by atoms with Gasteiger partial charge in [-0.1, -0.05) is 87.4 Å². The molecule has 138 valence electrons. The summed E-state index contributed by atoms with van der Waals surface area (Å²) < 4.78 is 0. The quantitative estimate of drug-likeness (QED) is 0.446. The van der Waals surface area contributed by atoms with Crippen molar-refractivity contribution in [3.63, 3.8) is 0 Å². The third-order valence-corrected chi connectivity index (χ3v) is 5.84. The fraction of sp³-hybridized carbons (Fsp3) is 0.462. The van der Waals surface area contributed by atoms with Gasteiger partial charge in [0.25, 0.3) is 0 Å². The molecule has 0 unspecified atom stereocenters. The molecule has 0 heteroatoms. The minimum atomic E-state index is 0.756. The third-order valence-electron chi connectivity index (χ3n) is 5.84. The molecular weight excluding hydrogens is 312 g/mol. The minimum Gasteiger partial charge on any atom is -0.0883 e. The van der Waals surface area contributed by atoms with Crippen LogP contribution in [0.5, 0.6) is 0 Å². The highest BCUT2D eigenvalue weighted by Gasteiger charge is 2.20. The zero-order valence-corrected chi connectivity index (χ0v) is 16.6. The van der Waals surface area contributed by atoms with Crippen molar-refractivity contribution in [3.8, 4) is 11.1 Å². The second-order valence-electron chi connectivity index (χ2n) is 7.90. The molecule has 0 bridgehead atoms. The van der Waals surface area contributed by atoms with Gasteiger partial charge in [-0.15, -0.1) is 0 Å². The van der Waals surface area contributed by atoms with E-state index in [0.29, 0.717) is 0 Å². The van der Waals surface area contributed by atoms with Gasteiger partial charge in [0.15, 0.2) is 0 Å². The highest BCUT2D eigenvalue weighted by molar-refractivity contribution is 5.64. The van der Waals surface area contributed by atoms with Gasteiger partial charge in [-0.3, -0.25) is 0 Å². The molecule has 1 aliphatic rings. The Morgan fingerprint density at radius 1 is 0.769 bits per heavy atom. The average molecular weight is 347 g/mol. The molecule has 0 saturated heterocycles. The lowest BCUT2D eigenvalue weighted by Gasteiger charge is -2.27. The van der Waals surface area contributed by atoms with E-state index in [1.54, 1.807) is 0 Å². The van der Waals surface area contributed by atoms with E-state index < -0.39 is 0 Å².